The van der Waals surface area contributed by atoms with E-state index in [4.69, 9.17) is 40.4 Å². The Labute approximate surface area is 616 Å². The maximum absolute atomic E-state index is 14.3. The van der Waals surface area contributed by atoms with Crippen molar-refractivity contribution in [2.24, 2.45) is 52.7 Å². The first kappa shape index (κ1) is 140. The molecule has 1 fully saturated rings. The summed E-state index contributed by atoms with van der Waals surface area (Å²) >= 11 is 5.74. The van der Waals surface area contributed by atoms with E-state index in [1.54, 1.807) is 14.1 Å². The molecule has 0 spiro atoms. The highest BCUT2D eigenvalue weighted by atomic mass is 35.5. The fourth-order valence-corrected chi connectivity index (χ4v) is 6.98. The molecule has 0 aliphatic carbocycles. The number of benzene rings is 2. The Morgan fingerprint density at radius 1 is 0.530 bits per heavy atom. The lowest BCUT2D eigenvalue weighted by Crippen LogP contribution is -2.60. The van der Waals surface area contributed by atoms with Crippen molar-refractivity contribution in [3.8, 4) is 0 Å². The van der Waals surface area contributed by atoms with Crippen molar-refractivity contribution in [1.29, 1.82) is 0 Å². The van der Waals surface area contributed by atoms with Crippen LogP contribution < -0.4 is 52.4 Å². The van der Waals surface area contributed by atoms with Crippen LogP contribution in [0.5, 0.6) is 0 Å². The van der Waals surface area contributed by atoms with Gasteiger partial charge in [0, 0.05) is 52.0 Å². The Bertz CT molecular complexity index is 1980. The summed E-state index contributed by atoms with van der Waals surface area (Å²) in [4.78, 5) is 140. The van der Waals surface area contributed by atoms with E-state index in [1.807, 2.05) is 156 Å². The quantitative estimate of drug-likeness (QED) is 0.0524. The second kappa shape index (κ2) is 108. The highest BCUT2D eigenvalue weighted by Crippen LogP contribution is 2.21. The standard InChI is InChI=1S/C35H57N5O5.C9H9ClO.3C5H12.C3H6O.C2H6.3CH5N.6CH2O.CH4.4H3N/c1-10-25(6)31(35(45)40-19-15-12-16-20-40)37-32(42)28(22-27-17-13-11-14-18-27)38(8)33(43)29(21-23(2)3)39(9)34(44)30(24(4)5)36-26(7)41;10-9-5-1-3-8(7-9)4-2-6-11;3*1-4-5(2)3;1-3(2)4;10*1-2;;;;;/h11,13-14,17-18,23-25,28-31H,10,12,15-16,19-22H2,1-9H3,(H,36,41)(H,37,42);1,3,5-7H,2,4H2;3*5H,4H2,1-3H3;1-2H3;1-2H3;3*2H2,1H3;6*1H2;1H4;4*1H3/t25-,28-,29-,30-,31-;;;;;;;;;;;;;;;;;;;;/m0..................../s1. The van der Waals surface area contributed by atoms with E-state index in [2.05, 4.69) is 90.1 Å². The molecule has 26 heteroatoms. The fraction of sp³-hybridized carbons (Fsp3) is 0.662. The minimum absolute atomic E-state index is 0. The normalized spacial score (nSPS) is 10.8. The zero-order valence-electron chi connectivity index (χ0n) is 67.1. The van der Waals surface area contributed by atoms with Crippen LogP contribution in [0.2, 0.25) is 5.02 Å². The molecule has 3 rings (SSSR count). The summed E-state index contributed by atoms with van der Waals surface area (Å²) in [6.07, 6.45) is 10.5. The second-order valence-electron chi connectivity index (χ2n) is 22.1. The number of rotatable bonds is 21. The number of carbonyl (C=O) groups is 13. The van der Waals surface area contributed by atoms with Crippen LogP contribution in [0.4, 0.5) is 0 Å². The third-order valence-corrected chi connectivity index (χ3v) is 13.0. The molecule has 1 aliphatic heterocycles. The molecule has 2 aromatic rings. The first-order valence-corrected chi connectivity index (χ1v) is 33.0. The van der Waals surface area contributed by atoms with Crippen LogP contribution in [-0.2, 0) is 75.2 Å². The summed E-state index contributed by atoms with van der Waals surface area (Å²) < 4.78 is 0. The molecule has 0 bridgehead atoms. The van der Waals surface area contributed by atoms with E-state index in [0.29, 0.717) is 32.4 Å². The molecule has 5 amide bonds. The number of Topliss-reactive ketones (excluding diaryl/α,β-unsaturated/α-hetero) is 1. The SMILES string of the molecule is C.C=O.C=O.C=O.C=O.C=O.C=O.CC.CC(C)=O.CCC(C)C.CCC(C)C.CCC(C)C.CC[C@H](C)[C@H](NC(=O)[C@H](Cc1ccccc1)N(C)C(=O)[C@H](CC(C)C)N(C)C(=O)[C@@H](NC(C)=O)C(C)C)C(=O)N1CCCCC1.CN.CN.CN.N.N.N.N.O=CCCc1cccc(Cl)c1. The van der Waals surface area contributed by atoms with E-state index < -0.39 is 30.1 Å². The number of nitrogens with zero attached hydrogens (tertiary/aromatic N) is 3. The number of hydrogen-bond donors (Lipinski definition) is 9. The maximum Gasteiger partial charge on any atom is 0.245 e. The van der Waals surface area contributed by atoms with Gasteiger partial charge in [-0.2, -0.15) is 0 Å². The van der Waals surface area contributed by atoms with Crippen molar-refractivity contribution >= 4 is 93.9 Å². The Morgan fingerprint density at radius 3 is 1.18 bits per heavy atom. The Balaban J connectivity index is -0.0000000625. The van der Waals surface area contributed by atoms with Crippen molar-refractivity contribution in [1.82, 2.24) is 49.9 Å². The smallest absolute Gasteiger partial charge is 0.245 e. The number of likely N-dealkylation sites (N-methyl/N-ethyl adjacent to an activating group) is 2. The number of halogens is 1. The molecule has 598 valence electrons. The van der Waals surface area contributed by atoms with Crippen molar-refractivity contribution in [3.05, 3.63) is 70.7 Å². The molecule has 0 aromatic heterocycles. The van der Waals surface area contributed by atoms with E-state index >= 15 is 0 Å². The van der Waals surface area contributed by atoms with Gasteiger partial charge in [0.1, 0.15) is 77.0 Å². The molecular formula is C74H157ClN12O13. The van der Waals surface area contributed by atoms with Crippen molar-refractivity contribution in [3.63, 3.8) is 0 Å². The van der Waals surface area contributed by atoms with Gasteiger partial charge in [-0.25, -0.2) is 0 Å². The maximum atomic E-state index is 14.3. The van der Waals surface area contributed by atoms with E-state index in [9.17, 15) is 33.6 Å². The van der Waals surface area contributed by atoms with Crippen molar-refractivity contribution in [2.75, 3.05) is 48.3 Å². The number of aldehydes is 1. The monoisotopic (exact) mass is 1460 g/mol. The van der Waals surface area contributed by atoms with Crippen molar-refractivity contribution in [2.45, 2.75) is 241 Å². The van der Waals surface area contributed by atoms with Crippen LogP contribution in [-0.4, -0.2) is 170 Å². The molecule has 25 nitrogen and oxygen atoms in total. The molecule has 20 N–H and O–H groups in total. The van der Waals surface area contributed by atoms with Gasteiger partial charge >= 0.3 is 0 Å². The Morgan fingerprint density at radius 2 is 0.880 bits per heavy atom. The predicted molar refractivity (Wildman–Crippen MR) is 426 cm³/mol. The molecule has 1 saturated heterocycles. The van der Waals surface area contributed by atoms with Gasteiger partial charge in [0.25, 0.3) is 0 Å². The van der Waals surface area contributed by atoms with Gasteiger partial charge < -0.3 is 105 Å². The summed E-state index contributed by atoms with van der Waals surface area (Å²) in [7, 11) is 7.68. The minimum Gasteiger partial charge on any atom is -0.344 e. The van der Waals surface area contributed by atoms with E-state index in [-0.39, 0.29) is 85.6 Å². The lowest BCUT2D eigenvalue weighted by molar-refractivity contribution is -0.150. The van der Waals surface area contributed by atoms with Gasteiger partial charge in [0.15, 0.2) is 0 Å². The number of hydrogen-bond acceptors (Lipinski definition) is 20. The average Bonchev–Trinajstić information content (AvgIpc) is 0.817. The predicted octanol–water partition coefficient (Wildman–Crippen LogP) is 12.8. The lowest BCUT2D eigenvalue weighted by atomic mass is 9.95. The highest BCUT2D eigenvalue weighted by Gasteiger charge is 2.39. The summed E-state index contributed by atoms with van der Waals surface area (Å²) in [6, 6.07) is 13.8. The van der Waals surface area contributed by atoms with Gasteiger partial charge in [-0.1, -0.05) is 205 Å². The number of piperidine rings is 1. The van der Waals surface area contributed by atoms with Crippen LogP contribution in [0.15, 0.2) is 54.6 Å². The van der Waals surface area contributed by atoms with Crippen LogP contribution >= 0.6 is 11.6 Å². The van der Waals surface area contributed by atoms with Crippen molar-refractivity contribution < 1.29 is 62.3 Å². The molecule has 0 saturated carbocycles. The topological polar surface area (TPSA) is 474 Å². The Hall–Kier alpha value is -6.84. The first-order valence-electron chi connectivity index (χ1n) is 32.6. The number of ketones is 1. The third kappa shape index (κ3) is 89.2. The number of amides is 5. The molecule has 5 atom stereocenters. The van der Waals surface area contributed by atoms with Crippen LogP contribution in [0, 0.1) is 35.5 Å². The minimum atomic E-state index is -0.921. The zero-order valence-corrected chi connectivity index (χ0v) is 67.8. The summed E-state index contributed by atoms with van der Waals surface area (Å²) in [6.45, 7) is 53.3. The van der Waals surface area contributed by atoms with Gasteiger partial charge in [-0.3, -0.25) is 24.0 Å². The fourth-order valence-electron chi connectivity index (χ4n) is 6.77. The van der Waals surface area contributed by atoms with Crippen LogP contribution in [0.3, 0.4) is 0 Å². The Kier molecular flexibility index (Phi) is 151. The molecule has 1 heterocycles. The summed E-state index contributed by atoms with van der Waals surface area (Å²) in [5, 5.41) is 6.52. The van der Waals surface area contributed by atoms with Gasteiger partial charge in [-0.05, 0) is 126 Å². The van der Waals surface area contributed by atoms with Gasteiger partial charge in [0.2, 0.25) is 29.5 Å². The largest absolute Gasteiger partial charge is 0.344 e. The van der Waals surface area contributed by atoms with Crippen LogP contribution in [0.25, 0.3) is 0 Å². The molecule has 0 unspecified atom stereocenters. The van der Waals surface area contributed by atoms with E-state index in [1.165, 1.54) is 71.0 Å². The molecule has 2 aromatic carbocycles. The van der Waals surface area contributed by atoms with Gasteiger partial charge in [0.05, 0.1) is 0 Å². The number of aryl methyl sites for hydroxylation is 1. The second-order valence-corrected chi connectivity index (χ2v) is 22.5. The molecular weight excluding hydrogens is 1300 g/mol. The number of nitrogens with one attached hydrogen (secondary N) is 2. The van der Waals surface area contributed by atoms with E-state index in [0.717, 1.165) is 65.9 Å². The number of likely N-dealkylation sites (tertiary alicyclic amines) is 1. The average molecular weight is 1460 g/mol. The summed E-state index contributed by atoms with van der Waals surface area (Å²) in [5.41, 5.74) is 15.5. The first-order chi connectivity index (χ1) is 45.1. The highest BCUT2D eigenvalue weighted by molar-refractivity contribution is 6.30. The molecule has 0 radical (unpaired) electrons. The summed E-state index contributed by atoms with van der Waals surface area (Å²) in [5.74, 6) is 1.06. The van der Waals surface area contributed by atoms with Gasteiger partial charge in [-0.15, -0.1) is 0 Å². The number of carbonyl (C=O) groups excluding carboxylic acids is 13. The molecule has 100 heavy (non-hydrogen) atoms. The third-order valence-electron chi connectivity index (χ3n) is 12.8. The molecule has 1 aliphatic rings. The number of nitrogens with two attached hydrogens (primary N) is 3. The lowest BCUT2D eigenvalue weighted by Gasteiger charge is -2.38. The zero-order chi connectivity index (χ0) is 78.4. The van der Waals surface area contributed by atoms with Crippen LogP contribution in [0.1, 0.15) is 215 Å².